The molecule has 144 valence electrons. The minimum atomic E-state index is -0.269. The van der Waals surface area contributed by atoms with Crippen LogP contribution < -0.4 is 19.7 Å². The normalized spacial score (nSPS) is 14.0. The van der Waals surface area contributed by atoms with E-state index >= 15 is 0 Å². The smallest absolute Gasteiger partial charge is 0.262 e. The zero-order valence-electron chi connectivity index (χ0n) is 15.5. The summed E-state index contributed by atoms with van der Waals surface area (Å²) in [6.07, 6.45) is 0. The van der Waals surface area contributed by atoms with Crippen molar-refractivity contribution < 1.29 is 19.0 Å². The number of benzene rings is 2. The molecule has 1 fully saturated rings. The van der Waals surface area contributed by atoms with Gasteiger partial charge in [0.2, 0.25) is 0 Å². The van der Waals surface area contributed by atoms with E-state index in [2.05, 4.69) is 10.2 Å². The van der Waals surface area contributed by atoms with Gasteiger partial charge in [0.15, 0.2) is 18.1 Å². The van der Waals surface area contributed by atoms with Crippen LogP contribution in [-0.4, -0.2) is 45.9 Å². The van der Waals surface area contributed by atoms with Gasteiger partial charge in [0.25, 0.3) is 5.91 Å². The summed E-state index contributed by atoms with van der Waals surface area (Å²) < 4.78 is 16.3. The number of aryl methyl sites for hydroxylation is 1. The number of halogens is 1. The molecule has 2 aromatic carbocycles. The monoisotopic (exact) mass is 390 g/mol. The molecule has 1 aliphatic heterocycles. The number of hydrogen-bond donors (Lipinski definition) is 1. The summed E-state index contributed by atoms with van der Waals surface area (Å²) in [5, 5.41) is 3.45. The van der Waals surface area contributed by atoms with Gasteiger partial charge in [-0.3, -0.25) is 4.79 Å². The third-order valence-electron chi connectivity index (χ3n) is 4.26. The molecule has 2 aromatic rings. The fourth-order valence-electron chi connectivity index (χ4n) is 2.91. The van der Waals surface area contributed by atoms with Crippen molar-refractivity contribution in [3.63, 3.8) is 0 Å². The lowest BCUT2D eigenvalue weighted by atomic mass is 10.2. The summed E-state index contributed by atoms with van der Waals surface area (Å²) in [7, 11) is 1.57. The summed E-state index contributed by atoms with van der Waals surface area (Å²) in [6, 6.07) is 11.0. The molecule has 6 nitrogen and oxygen atoms in total. The highest BCUT2D eigenvalue weighted by Gasteiger charge is 2.17. The highest BCUT2D eigenvalue weighted by molar-refractivity contribution is 6.31. The topological polar surface area (TPSA) is 60.0 Å². The Morgan fingerprint density at radius 1 is 1.19 bits per heavy atom. The van der Waals surface area contributed by atoms with Crippen molar-refractivity contribution in [2.75, 3.05) is 50.2 Å². The maximum absolute atomic E-state index is 12.4. The highest BCUT2D eigenvalue weighted by atomic mass is 35.5. The predicted molar refractivity (Wildman–Crippen MR) is 106 cm³/mol. The quantitative estimate of drug-likeness (QED) is 0.817. The van der Waals surface area contributed by atoms with Crippen molar-refractivity contribution in [2.24, 2.45) is 0 Å². The molecule has 0 spiro atoms. The van der Waals surface area contributed by atoms with Gasteiger partial charge in [-0.05, 0) is 42.8 Å². The summed E-state index contributed by atoms with van der Waals surface area (Å²) in [4.78, 5) is 14.6. The van der Waals surface area contributed by atoms with Crippen molar-refractivity contribution in [2.45, 2.75) is 6.92 Å². The molecular weight excluding hydrogens is 368 g/mol. The van der Waals surface area contributed by atoms with Gasteiger partial charge in [0.05, 0.1) is 31.7 Å². The zero-order valence-corrected chi connectivity index (χ0v) is 16.2. The summed E-state index contributed by atoms with van der Waals surface area (Å²) >= 11 is 6.12. The van der Waals surface area contributed by atoms with Crippen LogP contribution in [0.5, 0.6) is 11.5 Å². The van der Waals surface area contributed by atoms with E-state index in [1.54, 1.807) is 19.2 Å². The second kappa shape index (κ2) is 8.97. The molecule has 0 aliphatic carbocycles. The van der Waals surface area contributed by atoms with Crippen LogP contribution in [0, 0.1) is 6.92 Å². The third kappa shape index (κ3) is 5.05. The molecule has 1 amide bonds. The van der Waals surface area contributed by atoms with Crippen molar-refractivity contribution in [3.05, 3.63) is 47.0 Å². The predicted octanol–water partition coefficient (Wildman–Crippen LogP) is 3.51. The molecule has 0 atom stereocenters. The van der Waals surface area contributed by atoms with Gasteiger partial charge in [-0.2, -0.15) is 0 Å². The summed E-state index contributed by atoms with van der Waals surface area (Å²) in [5.41, 5.74) is 2.63. The largest absolute Gasteiger partial charge is 0.493 e. The fourth-order valence-corrected chi connectivity index (χ4v) is 3.08. The standard InChI is InChI=1S/C20H23ClN2O4/c1-14-3-6-18(19(11-14)25-2)27-13-20(24)22-16-12-15(21)4-5-17(16)23-7-9-26-10-8-23/h3-6,11-12H,7-10,13H2,1-2H3,(H,22,24). The Labute approximate surface area is 164 Å². The van der Waals surface area contributed by atoms with Crippen LogP contribution in [0.3, 0.4) is 0 Å². The second-order valence-electron chi connectivity index (χ2n) is 6.25. The van der Waals surface area contributed by atoms with Crippen LogP contribution in [-0.2, 0) is 9.53 Å². The molecule has 0 saturated carbocycles. The zero-order chi connectivity index (χ0) is 19.2. The van der Waals surface area contributed by atoms with E-state index in [4.69, 9.17) is 25.8 Å². The van der Waals surface area contributed by atoms with Crippen LogP contribution in [0.2, 0.25) is 5.02 Å². The van der Waals surface area contributed by atoms with Crippen molar-refractivity contribution in [1.82, 2.24) is 0 Å². The van der Waals surface area contributed by atoms with Gasteiger partial charge >= 0.3 is 0 Å². The van der Waals surface area contributed by atoms with Crippen LogP contribution in [0.15, 0.2) is 36.4 Å². The molecule has 0 radical (unpaired) electrons. The fraction of sp³-hybridized carbons (Fsp3) is 0.350. The van der Waals surface area contributed by atoms with Gasteiger partial charge in [0, 0.05) is 18.1 Å². The molecule has 1 heterocycles. The molecule has 1 N–H and O–H groups in total. The number of methoxy groups -OCH3 is 1. The first kappa shape index (κ1) is 19.3. The molecule has 7 heteroatoms. The number of nitrogens with zero attached hydrogens (tertiary/aromatic N) is 1. The number of nitrogens with one attached hydrogen (secondary N) is 1. The van der Waals surface area contributed by atoms with Gasteiger partial charge in [-0.15, -0.1) is 0 Å². The lowest BCUT2D eigenvalue weighted by molar-refractivity contribution is -0.118. The SMILES string of the molecule is COc1cc(C)ccc1OCC(=O)Nc1cc(Cl)ccc1N1CCOCC1. The Bertz CT molecular complexity index is 807. The third-order valence-corrected chi connectivity index (χ3v) is 4.50. The summed E-state index contributed by atoms with van der Waals surface area (Å²) in [5.74, 6) is 0.853. The van der Waals surface area contributed by atoms with E-state index in [0.29, 0.717) is 35.4 Å². The highest BCUT2D eigenvalue weighted by Crippen LogP contribution is 2.30. The van der Waals surface area contributed by atoms with E-state index in [1.807, 2.05) is 31.2 Å². The van der Waals surface area contributed by atoms with Crippen LogP contribution in [0.1, 0.15) is 5.56 Å². The van der Waals surface area contributed by atoms with E-state index in [-0.39, 0.29) is 12.5 Å². The van der Waals surface area contributed by atoms with Crippen LogP contribution in [0.4, 0.5) is 11.4 Å². The molecule has 3 rings (SSSR count). The number of carbonyl (C=O) groups is 1. The van der Waals surface area contributed by atoms with E-state index in [1.165, 1.54) is 0 Å². The molecule has 0 aromatic heterocycles. The van der Waals surface area contributed by atoms with Crippen LogP contribution in [0.25, 0.3) is 0 Å². The maximum Gasteiger partial charge on any atom is 0.262 e. The van der Waals surface area contributed by atoms with Gasteiger partial charge < -0.3 is 24.4 Å². The maximum atomic E-state index is 12.4. The Morgan fingerprint density at radius 3 is 2.70 bits per heavy atom. The van der Waals surface area contributed by atoms with E-state index < -0.39 is 0 Å². The number of carbonyl (C=O) groups excluding carboxylic acids is 1. The number of rotatable bonds is 6. The van der Waals surface area contributed by atoms with Gasteiger partial charge in [-0.1, -0.05) is 17.7 Å². The Balaban J connectivity index is 1.68. The van der Waals surface area contributed by atoms with Crippen molar-refractivity contribution in [3.8, 4) is 11.5 Å². The minimum Gasteiger partial charge on any atom is -0.493 e. The van der Waals surface area contributed by atoms with Crippen LogP contribution >= 0.6 is 11.6 Å². The van der Waals surface area contributed by atoms with E-state index in [9.17, 15) is 4.79 Å². The average molecular weight is 391 g/mol. The number of amides is 1. The molecule has 1 saturated heterocycles. The Morgan fingerprint density at radius 2 is 1.96 bits per heavy atom. The molecule has 0 bridgehead atoms. The Kier molecular flexibility index (Phi) is 6.42. The van der Waals surface area contributed by atoms with Gasteiger partial charge in [0.1, 0.15) is 0 Å². The number of hydrogen-bond acceptors (Lipinski definition) is 5. The first-order valence-corrected chi connectivity index (χ1v) is 9.14. The first-order valence-electron chi connectivity index (χ1n) is 8.76. The first-order chi connectivity index (χ1) is 13.1. The van der Waals surface area contributed by atoms with Crippen molar-refractivity contribution >= 4 is 28.9 Å². The molecule has 1 aliphatic rings. The Hall–Kier alpha value is -2.44. The van der Waals surface area contributed by atoms with E-state index in [0.717, 1.165) is 24.3 Å². The summed E-state index contributed by atoms with van der Waals surface area (Å²) in [6.45, 7) is 4.68. The number of anilines is 2. The number of ether oxygens (including phenoxy) is 3. The van der Waals surface area contributed by atoms with Gasteiger partial charge in [-0.25, -0.2) is 0 Å². The lowest BCUT2D eigenvalue weighted by Crippen LogP contribution is -2.37. The number of morpholine rings is 1. The molecule has 0 unspecified atom stereocenters. The minimum absolute atomic E-state index is 0.130. The molecular formula is C20H23ClN2O4. The second-order valence-corrected chi connectivity index (χ2v) is 6.69. The average Bonchev–Trinajstić information content (AvgIpc) is 2.67. The lowest BCUT2D eigenvalue weighted by Gasteiger charge is -2.30. The van der Waals surface area contributed by atoms with Crippen molar-refractivity contribution in [1.29, 1.82) is 0 Å². The molecule has 27 heavy (non-hydrogen) atoms.